The molecule has 224 valence electrons. The van der Waals surface area contributed by atoms with Gasteiger partial charge in [0.05, 0.1) is 12.2 Å². The lowest BCUT2D eigenvalue weighted by atomic mass is 9.58. The van der Waals surface area contributed by atoms with E-state index in [1.807, 2.05) is 13.8 Å². The molecule has 1 amide bonds. The molecular formula is C28H47ClN2O8. The highest BCUT2D eigenvalue weighted by Gasteiger charge is 2.47. The van der Waals surface area contributed by atoms with Crippen molar-refractivity contribution >= 4 is 35.4 Å². The minimum atomic E-state index is -0.741. The average Bonchev–Trinajstić information content (AvgIpc) is 2.82. The molecule has 0 atom stereocenters. The number of halogens is 1. The second-order valence-corrected chi connectivity index (χ2v) is 12.7. The van der Waals surface area contributed by atoms with Crippen LogP contribution in [0.3, 0.4) is 0 Å². The summed E-state index contributed by atoms with van der Waals surface area (Å²) in [5.41, 5.74) is 6.95. The van der Waals surface area contributed by atoms with Crippen molar-refractivity contribution in [3.05, 3.63) is 0 Å². The summed E-state index contributed by atoms with van der Waals surface area (Å²) in [6.07, 6.45) is 15.2. The van der Waals surface area contributed by atoms with E-state index in [-0.39, 0.29) is 41.7 Å². The number of carbonyl (C=O) groups excluding carboxylic acids is 6. The van der Waals surface area contributed by atoms with Crippen molar-refractivity contribution in [2.45, 2.75) is 142 Å². The standard InChI is InChI=1S/C13H23NO2.C9H17N.C4H7ClO2.2CO2/c1-10(2)16-11(15)14-13-7-4-12(3,5-8-13)6-9-13;1-8-2-5-9(10,6-3-8)7-4-8;1-3(2)7-4(5)6;2*2-1-3/h10H,4-9H2,1-3H3,(H,14,15);2-7,10H2,1H3;3H,1-2H3;;. The van der Waals surface area contributed by atoms with Gasteiger partial charge in [0.2, 0.25) is 0 Å². The lowest BCUT2D eigenvalue weighted by Crippen LogP contribution is -2.56. The molecular weight excluding hydrogens is 528 g/mol. The smallest absolute Gasteiger partial charge is 0.407 e. The van der Waals surface area contributed by atoms with Crippen LogP contribution in [0, 0.1) is 10.8 Å². The van der Waals surface area contributed by atoms with Gasteiger partial charge in [0.25, 0.3) is 0 Å². The molecule has 0 aromatic heterocycles. The average molecular weight is 575 g/mol. The van der Waals surface area contributed by atoms with E-state index < -0.39 is 5.43 Å². The Kier molecular flexibility index (Phi) is 15.8. The Hall–Kier alpha value is -2.25. The Morgan fingerprint density at radius 1 is 0.692 bits per heavy atom. The summed E-state index contributed by atoms with van der Waals surface area (Å²) < 4.78 is 9.55. The molecule has 6 fully saturated rings. The second-order valence-electron chi connectivity index (χ2n) is 12.4. The number of rotatable bonds is 3. The minimum Gasteiger partial charge on any atom is -0.451 e. The number of alkyl carbamates (subject to hydrolysis) is 1. The van der Waals surface area contributed by atoms with Crippen molar-refractivity contribution in [1.29, 1.82) is 0 Å². The highest BCUT2D eigenvalue weighted by Crippen LogP contribution is 2.52. The van der Waals surface area contributed by atoms with E-state index in [9.17, 15) is 9.59 Å². The molecule has 6 aliphatic rings. The van der Waals surface area contributed by atoms with Gasteiger partial charge in [-0.1, -0.05) is 13.8 Å². The number of ether oxygens (including phenoxy) is 2. The summed E-state index contributed by atoms with van der Waals surface area (Å²) >= 11 is 4.81. The molecule has 0 heterocycles. The first kappa shape index (κ1) is 36.8. The van der Waals surface area contributed by atoms with E-state index in [0.717, 1.165) is 19.3 Å². The van der Waals surface area contributed by atoms with Crippen LogP contribution in [0.15, 0.2) is 0 Å². The fourth-order valence-electron chi connectivity index (χ4n) is 5.61. The van der Waals surface area contributed by atoms with Crippen LogP contribution in [0.25, 0.3) is 0 Å². The van der Waals surface area contributed by atoms with Crippen LogP contribution in [0.4, 0.5) is 9.59 Å². The molecule has 6 aliphatic carbocycles. The summed E-state index contributed by atoms with van der Waals surface area (Å²) in [6, 6.07) is 0. The molecule has 0 aromatic carbocycles. The highest BCUT2D eigenvalue weighted by atomic mass is 35.5. The number of hydrogen-bond donors (Lipinski definition) is 2. The quantitative estimate of drug-likeness (QED) is 0.391. The van der Waals surface area contributed by atoms with Gasteiger partial charge in [0.15, 0.2) is 0 Å². The maximum atomic E-state index is 11.6. The molecule has 11 heteroatoms. The predicted octanol–water partition coefficient (Wildman–Crippen LogP) is 5.90. The Balaban J connectivity index is 0.000000538. The molecule has 6 saturated carbocycles. The highest BCUT2D eigenvalue weighted by molar-refractivity contribution is 6.61. The molecule has 0 aromatic rings. The first-order valence-electron chi connectivity index (χ1n) is 13.6. The van der Waals surface area contributed by atoms with Gasteiger partial charge in [-0.2, -0.15) is 19.2 Å². The third kappa shape index (κ3) is 14.6. The van der Waals surface area contributed by atoms with Gasteiger partial charge in [0.1, 0.15) is 0 Å². The number of fused-ring (bicyclic) bond motifs is 6. The van der Waals surface area contributed by atoms with Crippen LogP contribution in [-0.2, 0) is 28.7 Å². The van der Waals surface area contributed by atoms with Crippen molar-refractivity contribution in [2.75, 3.05) is 0 Å². The SMILES string of the molecule is CC(C)OC(=O)Cl.CC(C)OC(=O)NC12CCC(C)(CC1)CC2.CC12CCC(N)(CC1)CC2.O=C=O.O=C=O. The summed E-state index contributed by atoms with van der Waals surface area (Å²) in [5.74, 6) is 0. The number of amides is 1. The molecule has 0 saturated heterocycles. The molecule has 4 bridgehead atoms. The summed E-state index contributed by atoms with van der Waals surface area (Å²) in [7, 11) is 0. The van der Waals surface area contributed by atoms with E-state index in [1.165, 1.54) is 57.8 Å². The zero-order valence-corrected chi connectivity index (χ0v) is 25.1. The number of hydrogen-bond acceptors (Lipinski definition) is 9. The fraction of sp³-hybridized carbons (Fsp3) is 0.857. The van der Waals surface area contributed by atoms with E-state index >= 15 is 0 Å². The Bertz CT molecular complexity index is 769. The topological polar surface area (TPSA) is 159 Å². The first-order valence-corrected chi connectivity index (χ1v) is 14.0. The first-order chi connectivity index (χ1) is 18.0. The lowest BCUT2D eigenvalue weighted by Gasteiger charge is -2.52. The van der Waals surface area contributed by atoms with Crippen molar-refractivity contribution in [1.82, 2.24) is 5.32 Å². The largest absolute Gasteiger partial charge is 0.451 e. The predicted molar refractivity (Wildman–Crippen MR) is 144 cm³/mol. The molecule has 0 radical (unpaired) electrons. The molecule has 0 aliphatic heterocycles. The Morgan fingerprint density at radius 3 is 1.23 bits per heavy atom. The fourth-order valence-corrected chi connectivity index (χ4v) is 5.79. The van der Waals surface area contributed by atoms with Crippen LogP contribution < -0.4 is 11.1 Å². The second kappa shape index (κ2) is 16.8. The summed E-state index contributed by atoms with van der Waals surface area (Å²) in [5, 5.41) is 3.11. The molecule has 3 N–H and O–H groups in total. The van der Waals surface area contributed by atoms with Gasteiger partial charge in [-0.15, -0.1) is 0 Å². The molecule has 0 spiro atoms. The third-order valence-electron chi connectivity index (χ3n) is 8.34. The van der Waals surface area contributed by atoms with Gasteiger partial charge in [-0.3, -0.25) is 0 Å². The van der Waals surface area contributed by atoms with Crippen molar-refractivity contribution in [2.24, 2.45) is 16.6 Å². The van der Waals surface area contributed by atoms with E-state index in [2.05, 4.69) is 23.9 Å². The third-order valence-corrected chi connectivity index (χ3v) is 8.43. The monoisotopic (exact) mass is 574 g/mol. The minimum absolute atomic E-state index is 0.0335. The molecule has 39 heavy (non-hydrogen) atoms. The zero-order chi connectivity index (χ0) is 30.3. The van der Waals surface area contributed by atoms with Gasteiger partial charge >= 0.3 is 23.8 Å². The molecule has 6 rings (SSSR count). The molecule has 10 nitrogen and oxygen atoms in total. The normalized spacial score (nSPS) is 31.1. The van der Waals surface area contributed by atoms with Crippen LogP contribution in [0.5, 0.6) is 0 Å². The van der Waals surface area contributed by atoms with E-state index in [0.29, 0.717) is 10.8 Å². The van der Waals surface area contributed by atoms with E-state index in [1.54, 1.807) is 13.8 Å². The van der Waals surface area contributed by atoms with Crippen molar-refractivity contribution in [3.8, 4) is 0 Å². The number of nitrogens with two attached hydrogens (primary N) is 1. The molecule has 0 unspecified atom stereocenters. The van der Waals surface area contributed by atoms with E-state index in [4.69, 9.17) is 41.2 Å². The summed E-state index contributed by atoms with van der Waals surface area (Å²) in [4.78, 5) is 53.9. The van der Waals surface area contributed by atoms with Gasteiger partial charge in [0, 0.05) is 22.7 Å². The maximum absolute atomic E-state index is 11.6. The Morgan fingerprint density at radius 2 is 1.00 bits per heavy atom. The summed E-state index contributed by atoms with van der Waals surface area (Å²) in [6.45, 7) is 12.0. The number of nitrogens with one attached hydrogen (secondary N) is 1. The van der Waals surface area contributed by atoms with Crippen molar-refractivity contribution in [3.63, 3.8) is 0 Å². The zero-order valence-electron chi connectivity index (χ0n) is 24.4. The van der Waals surface area contributed by atoms with Crippen LogP contribution in [-0.4, -0.2) is 47.1 Å². The Labute approximate surface area is 237 Å². The van der Waals surface area contributed by atoms with Gasteiger partial charge < -0.3 is 20.5 Å². The van der Waals surface area contributed by atoms with Crippen LogP contribution in [0.2, 0.25) is 0 Å². The maximum Gasteiger partial charge on any atom is 0.407 e. The van der Waals surface area contributed by atoms with Crippen molar-refractivity contribution < 1.29 is 38.2 Å². The van der Waals surface area contributed by atoms with Crippen LogP contribution in [0.1, 0.15) is 119 Å². The van der Waals surface area contributed by atoms with Gasteiger partial charge in [-0.25, -0.2) is 9.59 Å². The van der Waals surface area contributed by atoms with Crippen LogP contribution >= 0.6 is 11.6 Å². The number of carbonyl (C=O) groups is 2. The lowest BCUT2D eigenvalue weighted by molar-refractivity contribution is -0.193. The van der Waals surface area contributed by atoms with Gasteiger partial charge in [-0.05, 0) is 116 Å².